The summed E-state index contributed by atoms with van der Waals surface area (Å²) in [6.45, 7) is -0.225. The summed E-state index contributed by atoms with van der Waals surface area (Å²) < 4.78 is 26.9. The first-order valence-corrected chi connectivity index (χ1v) is 10.4. The third-order valence-corrected chi connectivity index (χ3v) is 6.05. The Hall–Kier alpha value is -3.50. The molecule has 0 unspecified atom stereocenters. The number of carbonyl (C=O) groups is 2. The minimum Gasteiger partial charge on any atom is -0.343 e. The fourth-order valence-corrected chi connectivity index (χ4v) is 3.48. The van der Waals surface area contributed by atoms with E-state index >= 15 is 0 Å². The molecule has 2 amide bonds. The third kappa shape index (κ3) is 4.91. The smallest absolute Gasteiger partial charge is 0.251 e. The van der Waals surface area contributed by atoms with Crippen LogP contribution in [-0.4, -0.2) is 55.0 Å². The zero-order valence-corrected chi connectivity index (χ0v) is 17.3. The third-order valence-electron chi connectivity index (χ3n) is 4.22. The molecule has 0 saturated carbocycles. The van der Waals surface area contributed by atoms with E-state index in [2.05, 4.69) is 15.7 Å². The second-order valence-electron chi connectivity index (χ2n) is 6.54. The normalized spacial score (nSPS) is 11.3. The summed E-state index contributed by atoms with van der Waals surface area (Å²) in [5.74, 6) is -0.866. The van der Waals surface area contributed by atoms with Crippen LogP contribution in [0.25, 0.3) is 5.69 Å². The lowest BCUT2D eigenvalue weighted by Crippen LogP contribution is -2.32. The molecular formula is C20H21N5O4S. The van der Waals surface area contributed by atoms with Crippen molar-refractivity contribution in [1.29, 1.82) is 0 Å². The van der Waals surface area contributed by atoms with Gasteiger partial charge < -0.3 is 10.6 Å². The minimum absolute atomic E-state index is 0.0837. The highest BCUT2D eigenvalue weighted by molar-refractivity contribution is 7.89. The van der Waals surface area contributed by atoms with E-state index in [1.807, 2.05) is 24.4 Å². The van der Waals surface area contributed by atoms with Crippen molar-refractivity contribution in [3.05, 3.63) is 72.6 Å². The number of carbonyl (C=O) groups excluding carboxylic acids is 2. The fourth-order valence-electron chi connectivity index (χ4n) is 2.58. The van der Waals surface area contributed by atoms with Gasteiger partial charge in [-0.1, -0.05) is 0 Å². The maximum absolute atomic E-state index is 12.2. The number of sulfonamides is 1. The van der Waals surface area contributed by atoms with Crippen molar-refractivity contribution in [2.45, 2.75) is 4.90 Å². The van der Waals surface area contributed by atoms with Crippen LogP contribution in [0.1, 0.15) is 10.4 Å². The molecule has 1 heterocycles. The standard InChI is InChI=1S/C20H21N5O4S/c1-24(2)30(28,29)18-10-4-15(5-11-18)20(27)21-14-19(26)23-16-6-8-17(9-7-16)25-13-3-12-22-25/h3-13H,14H2,1-2H3,(H,21,27)(H,23,26). The number of hydrogen-bond donors (Lipinski definition) is 2. The SMILES string of the molecule is CN(C)S(=O)(=O)c1ccc(C(=O)NCC(=O)Nc2ccc(-n3cccn3)cc2)cc1. The van der Waals surface area contributed by atoms with Gasteiger partial charge in [0.05, 0.1) is 17.1 Å². The van der Waals surface area contributed by atoms with Gasteiger partial charge in [0.1, 0.15) is 0 Å². The Bertz CT molecular complexity index is 1120. The molecule has 0 fully saturated rings. The van der Waals surface area contributed by atoms with E-state index in [0.717, 1.165) is 9.99 Å². The summed E-state index contributed by atoms with van der Waals surface area (Å²) in [6, 6.07) is 14.4. The van der Waals surface area contributed by atoms with E-state index in [9.17, 15) is 18.0 Å². The second-order valence-corrected chi connectivity index (χ2v) is 8.69. The Morgan fingerprint density at radius 3 is 2.27 bits per heavy atom. The zero-order chi connectivity index (χ0) is 21.7. The Morgan fingerprint density at radius 1 is 1.03 bits per heavy atom. The molecule has 0 atom stereocenters. The van der Waals surface area contributed by atoms with Crippen molar-refractivity contribution in [3.63, 3.8) is 0 Å². The van der Waals surface area contributed by atoms with Gasteiger partial charge in [-0.25, -0.2) is 17.4 Å². The van der Waals surface area contributed by atoms with Crippen molar-refractivity contribution >= 4 is 27.5 Å². The quantitative estimate of drug-likeness (QED) is 0.593. The van der Waals surface area contributed by atoms with Crippen LogP contribution in [0.4, 0.5) is 5.69 Å². The van der Waals surface area contributed by atoms with Gasteiger partial charge >= 0.3 is 0 Å². The number of aromatic nitrogens is 2. The maximum atomic E-state index is 12.2. The minimum atomic E-state index is -3.57. The lowest BCUT2D eigenvalue weighted by atomic mass is 10.2. The van der Waals surface area contributed by atoms with Gasteiger partial charge in [-0.2, -0.15) is 5.10 Å². The summed E-state index contributed by atoms with van der Waals surface area (Å²) in [7, 11) is -0.705. The van der Waals surface area contributed by atoms with Gasteiger partial charge in [0, 0.05) is 37.7 Å². The van der Waals surface area contributed by atoms with Crippen molar-refractivity contribution in [2.24, 2.45) is 0 Å². The molecule has 2 aromatic carbocycles. The number of nitrogens with zero attached hydrogens (tertiary/aromatic N) is 3. The number of anilines is 1. The molecule has 9 nitrogen and oxygen atoms in total. The lowest BCUT2D eigenvalue weighted by Gasteiger charge is -2.11. The van der Waals surface area contributed by atoms with Crippen molar-refractivity contribution in [3.8, 4) is 5.69 Å². The highest BCUT2D eigenvalue weighted by Gasteiger charge is 2.17. The van der Waals surface area contributed by atoms with Crippen LogP contribution in [0.3, 0.4) is 0 Å². The molecule has 1 aromatic heterocycles. The van der Waals surface area contributed by atoms with E-state index in [0.29, 0.717) is 5.69 Å². The Balaban J connectivity index is 1.54. The number of benzene rings is 2. The highest BCUT2D eigenvalue weighted by Crippen LogP contribution is 2.14. The largest absolute Gasteiger partial charge is 0.343 e. The van der Waals surface area contributed by atoms with E-state index in [1.165, 1.54) is 38.4 Å². The van der Waals surface area contributed by atoms with E-state index < -0.39 is 15.9 Å². The van der Waals surface area contributed by atoms with Crippen molar-refractivity contribution < 1.29 is 18.0 Å². The summed E-state index contributed by atoms with van der Waals surface area (Å²) in [6.07, 6.45) is 3.48. The molecule has 2 N–H and O–H groups in total. The maximum Gasteiger partial charge on any atom is 0.251 e. The van der Waals surface area contributed by atoms with Crippen molar-refractivity contribution in [1.82, 2.24) is 19.4 Å². The van der Waals surface area contributed by atoms with Crippen LogP contribution >= 0.6 is 0 Å². The molecule has 0 aliphatic carbocycles. The van der Waals surface area contributed by atoms with E-state index in [4.69, 9.17) is 0 Å². The molecule has 0 radical (unpaired) electrons. The summed E-state index contributed by atoms with van der Waals surface area (Å²) in [5.41, 5.74) is 1.69. The summed E-state index contributed by atoms with van der Waals surface area (Å²) >= 11 is 0. The van der Waals surface area contributed by atoms with Crippen LogP contribution < -0.4 is 10.6 Å². The average Bonchev–Trinajstić information content (AvgIpc) is 3.27. The Labute approximate surface area is 174 Å². The molecule has 0 saturated heterocycles. The first-order valence-electron chi connectivity index (χ1n) is 8.98. The zero-order valence-electron chi connectivity index (χ0n) is 16.4. The number of nitrogens with one attached hydrogen (secondary N) is 2. The van der Waals surface area contributed by atoms with Crippen molar-refractivity contribution in [2.75, 3.05) is 26.0 Å². The first-order chi connectivity index (χ1) is 14.3. The second kappa shape index (κ2) is 8.89. The molecule has 0 aliphatic rings. The molecule has 0 aliphatic heterocycles. The van der Waals surface area contributed by atoms with Gasteiger partial charge in [0.25, 0.3) is 5.91 Å². The van der Waals surface area contributed by atoms with Crippen LogP contribution in [0.2, 0.25) is 0 Å². The average molecular weight is 427 g/mol. The predicted molar refractivity (Wildman–Crippen MR) is 112 cm³/mol. The van der Waals surface area contributed by atoms with Gasteiger partial charge in [0.15, 0.2) is 0 Å². The molecule has 30 heavy (non-hydrogen) atoms. The predicted octanol–water partition coefficient (Wildman–Crippen LogP) is 1.49. The van der Waals surface area contributed by atoms with Gasteiger partial charge in [-0.3, -0.25) is 9.59 Å². The van der Waals surface area contributed by atoms with Gasteiger partial charge in [-0.05, 0) is 54.6 Å². The number of hydrogen-bond acceptors (Lipinski definition) is 5. The van der Waals surface area contributed by atoms with Crippen LogP contribution in [0, 0.1) is 0 Å². The molecule has 0 spiro atoms. The monoisotopic (exact) mass is 427 g/mol. The molecule has 3 rings (SSSR count). The Kier molecular flexibility index (Phi) is 6.28. The summed E-state index contributed by atoms with van der Waals surface area (Å²) in [4.78, 5) is 24.4. The number of amides is 2. The Morgan fingerprint density at radius 2 is 1.70 bits per heavy atom. The van der Waals surface area contributed by atoms with E-state index in [-0.39, 0.29) is 22.9 Å². The van der Waals surface area contributed by atoms with Crippen LogP contribution in [-0.2, 0) is 14.8 Å². The topological polar surface area (TPSA) is 113 Å². The first kappa shape index (κ1) is 21.2. The molecule has 3 aromatic rings. The number of rotatable bonds is 7. The van der Waals surface area contributed by atoms with Crippen LogP contribution in [0.15, 0.2) is 71.9 Å². The molecular weight excluding hydrogens is 406 g/mol. The van der Waals surface area contributed by atoms with Gasteiger partial charge in [0.2, 0.25) is 15.9 Å². The van der Waals surface area contributed by atoms with E-state index in [1.54, 1.807) is 23.0 Å². The van der Waals surface area contributed by atoms with Gasteiger partial charge in [-0.15, -0.1) is 0 Å². The van der Waals surface area contributed by atoms with Crippen LogP contribution in [0.5, 0.6) is 0 Å². The summed E-state index contributed by atoms with van der Waals surface area (Å²) in [5, 5.41) is 9.33. The fraction of sp³-hybridized carbons (Fsp3) is 0.150. The molecule has 10 heteroatoms. The highest BCUT2D eigenvalue weighted by atomic mass is 32.2. The lowest BCUT2D eigenvalue weighted by molar-refractivity contribution is -0.115. The molecule has 0 bridgehead atoms. The molecule has 156 valence electrons.